The van der Waals surface area contributed by atoms with Gasteiger partial charge in [-0.15, -0.1) is 0 Å². The van der Waals surface area contributed by atoms with Crippen LogP contribution in [0.2, 0.25) is 0 Å². The highest BCUT2D eigenvalue weighted by molar-refractivity contribution is 6.01. The van der Waals surface area contributed by atoms with Crippen LogP contribution in [0.5, 0.6) is 5.75 Å². The van der Waals surface area contributed by atoms with Crippen LogP contribution < -0.4 is 16.4 Å². The molecule has 10 nitrogen and oxygen atoms in total. The number of phenols is 1. The highest BCUT2D eigenvalue weighted by Gasteiger charge is 2.79. The van der Waals surface area contributed by atoms with Crippen LogP contribution in [0.15, 0.2) is 53.6 Å². The van der Waals surface area contributed by atoms with Gasteiger partial charge in [0.25, 0.3) is 0 Å². The Labute approximate surface area is 381 Å². The fourth-order valence-corrected chi connectivity index (χ4v) is 17.7. The van der Waals surface area contributed by atoms with Gasteiger partial charge in [-0.25, -0.2) is 0 Å². The molecule has 1 heterocycles. The first-order valence-corrected chi connectivity index (χ1v) is 24.7. The van der Waals surface area contributed by atoms with Gasteiger partial charge < -0.3 is 41.5 Å². The number of nitrogen functional groups attached to an aromatic ring is 1. The van der Waals surface area contributed by atoms with Crippen LogP contribution in [-0.2, 0) is 26.3 Å². The Balaban J connectivity index is 1.09. The lowest BCUT2D eigenvalue weighted by Gasteiger charge is -2.74. The summed E-state index contributed by atoms with van der Waals surface area (Å²) in [5.74, 6) is 0.963. The van der Waals surface area contributed by atoms with E-state index in [1.807, 2.05) is 25.2 Å². The summed E-state index contributed by atoms with van der Waals surface area (Å²) < 4.78 is 6.52. The van der Waals surface area contributed by atoms with Crippen LogP contribution >= 0.6 is 0 Å². The molecule has 14 atom stereocenters. The summed E-state index contributed by atoms with van der Waals surface area (Å²) in [4.78, 5) is 30.4. The number of nitrogens with one attached hydrogen (secondary N) is 2. The molecular formula is C54H77N3O7. The minimum atomic E-state index is -0.857. The molecule has 0 radical (unpaired) electrons. The molecule has 0 aromatic heterocycles. The number of benzene rings is 2. The van der Waals surface area contributed by atoms with E-state index in [1.165, 1.54) is 11.1 Å². The molecule has 7 aliphatic carbocycles. The number of ether oxygens (including phenoxy) is 1. The highest BCUT2D eigenvalue weighted by atomic mass is 16.6. The van der Waals surface area contributed by atoms with Crippen molar-refractivity contribution in [3.8, 4) is 5.75 Å². The Morgan fingerprint density at radius 2 is 1.73 bits per heavy atom. The Morgan fingerprint density at radius 3 is 2.44 bits per heavy atom. The Kier molecular flexibility index (Phi) is 11.3. The number of hydrogen-bond donors (Lipinski definition) is 7. The maximum absolute atomic E-state index is 15.5. The van der Waals surface area contributed by atoms with Crippen LogP contribution in [0.4, 0.5) is 5.69 Å². The Morgan fingerprint density at radius 1 is 0.969 bits per heavy atom. The first-order valence-electron chi connectivity index (χ1n) is 24.7. The standard InChI is InChI=1S/C54H77N3O7/c1-31(21-41(61)45-51(7,64-45)39-14-10-13-38(39)34-11-9-12-36(55)24-34)44-40-15-16-43-49(5)29-52(35-22-33(28-56-8)23-37(60)25-35)17-18-54(57-27-32(2)59,46(49)48(3,4)47(52)63)30-53(43,19-20-58)50(40,6)26-42(44)62/h9,11-12,22-25,31-32,38-39,41,43,45-46,56-61H,10,13-21,26-30,55H2,1-8H3. The lowest BCUT2D eigenvalue weighted by molar-refractivity contribution is -0.222. The van der Waals surface area contributed by atoms with Gasteiger partial charge in [-0.3, -0.25) is 9.59 Å². The van der Waals surface area contributed by atoms with Gasteiger partial charge in [-0.1, -0.05) is 64.8 Å². The molecule has 6 saturated carbocycles. The molecule has 1 saturated heterocycles. The van der Waals surface area contributed by atoms with Gasteiger partial charge in [-0.2, -0.15) is 0 Å². The average molecular weight is 880 g/mol. The third kappa shape index (κ3) is 6.60. The summed E-state index contributed by atoms with van der Waals surface area (Å²) in [6.07, 6.45) is 7.07. The van der Waals surface area contributed by atoms with Crippen molar-refractivity contribution < 1.29 is 34.8 Å². The average Bonchev–Trinajstić information content (AvgIpc) is 3.56. The molecule has 1 aliphatic heterocycles. The fourth-order valence-electron chi connectivity index (χ4n) is 17.7. The summed E-state index contributed by atoms with van der Waals surface area (Å²) in [5, 5.41) is 52.7. The molecule has 2 aromatic rings. The lowest BCUT2D eigenvalue weighted by atomic mass is 9.31. The van der Waals surface area contributed by atoms with Crippen molar-refractivity contribution in [2.75, 3.05) is 25.9 Å². The van der Waals surface area contributed by atoms with Crippen LogP contribution in [0.25, 0.3) is 0 Å². The van der Waals surface area contributed by atoms with E-state index in [9.17, 15) is 25.2 Å². The summed E-state index contributed by atoms with van der Waals surface area (Å²) in [6, 6.07) is 13.9. The third-order valence-electron chi connectivity index (χ3n) is 19.5. The van der Waals surface area contributed by atoms with Crippen molar-refractivity contribution >= 4 is 17.3 Å². The number of phenolic OH excluding ortho intramolecular Hbond substituents is 1. The van der Waals surface area contributed by atoms with Crippen molar-refractivity contribution in [3.63, 3.8) is 0 Å². The van der Waals surface area contributed by atoms with Gasteiger partial charge in [-0.05, 0) is 172 Å². The topological polar surface area (TPSA) is 178 Å². The SMILES string of the molecule is CNCc1cc(O)cc(C23CCC4(NCC(C)O)CC5(CCO)C(CCC6=C(C(C)CC(O)C7OC7(C)C7CCCC7c7cccc(N)c7)C(=O)CC65C)C(C)(C2)C4C(C)(C)C3=O)c1. The van der Waals surface area contributed by atoms with Crippen LogP contribution in [-0.4, -0.2) is 81.6 Å². The number of aromatic hydroxyl groups is 1. The van der Waals surface area contributed by atoms with Crippen molar-refractivity contribution in [1.29, 1.82) is 0 Å². The van der Waals surface area contributed by atoms with Gasteiger partial charge in [0, 0.05) is 48.2 Å². The molecule has 0 amide bonds. The number of carbonyl (C=O) groups is 2. The molecule has 10 heteroatoms. The van der Waals surface area contributed by atoms with E-state index in [1.54, 1.807) is 13.0 Å². The number of rotatable bonds is 14. The van der Waals surface area contributed by atoms with Crippen molar-refractivity contribution in [2.24, 2.45) is 45.3 Å². The molecule has 350 valence electrons. The van der Waals surface area contributed by atoms with Crippen LogP contribution in [0.1, 0.15) is 148 Å². The van der Waals surface area contributed by atoms with E-state index in [4.69, 9.17) is 10.5 Å². The van der Waals surface area contributed by atoms with E-state index in [0.717, 1.165) is 54.5 Å². The van der Waals surface area contributed by atoms with Crippen LogP contribution in [0, 0.1) is 45.3 Å². The molecule has 10 rings (SSSR count). The number of allylic oxidation sites excluding steroid dienone is 2. The quantitative estimate of drug-likeness (QED) is 0.0737. The number of Topliss-reactive ketones (excluding diaryl/α,β-unsaturated/α-hetero) is 2. The molecular weight excluding hydrogens is 803 g/mol. The number of ketones is 2. The zero-order valence-electron chi connectivity index (χ0n) is 39.9. The maximum atomic E-state index is 15.5. The first kappa shape index (κ1) is 46.0. The monoisotopic (exact) mass is 880 g/mol. The van der Waals surface area contributed by atoms with E-state index >= 15 is 4.79 Å². The number of aliphatic hydroxyl groups is 3. The zero-order chi connectivity index (χ0) is 46.0. The number of carbonyl (C=O) groups excluding carboxylic acids is 2. The number of hydrogen-bond acceptors (Lipinski definition) is 10. The summed E-state index contributed by atoms with van der Waals surface area (Å²) in [7, 11) is 1.89. The largest absolute Gasteiger partial charge is 0.508 e. The molecule has 64 heavy (non-hydrogen) atoms. The van der Waals surface area contributed by atoms with E-state index in [-0.39, 0.29) is 53.7 Å². The van der Waals surface area contributed by atoms with Gasteiger partial charge >= 0.3 is 0 Å². The molecule has 2 aromatic carbocycles. The smallest absolute Gasteiger partial charge is 0.159 e. The number of nitrogens with two attached hydrogens (primary N) is 1. The van der Waals surface area contributed by atoms with Crippen molar-refractivity contribution in [1.82, 2.24) is 10.6 Å². The van der Waals surface area contributed by atoms with E-state index in [2.05, 4.69) is 70.4 Å². The fraction of sp³-hybridized carbons (Fsp3) is 0.704. The number of fused-ring (bicyclic) bond motifs is 5. The number of epoxide rings is 1. The van der Waals surface area contributed by atoms with Gasteiger partial charge in [0.05, 0.1) is 23.2 Å². The van der Waals surface area contributed by atoms with Gasteiger partial charge in [0.1, 0.15) is 17.6 Å². The van der Waals surface area contributed by atoms with Crippen LogP contribution in [0.3, 0.4) is 0 Å². The summed E-state index contributed by atoms with van der Waals surface area (Å²) in [6.45, 7) is 16.0. The maximum Gasteiger partial charge on any atom is 0.159 e. The second-order valence-corrected chi connectivity index (χ2v) is 23.5. The minimum Gasteiger partial charge on any atom is -0.508 e. The van der Waals surface area contributed by atoms with Crippen molar-refractivity contribution in [2.45, 2.75) is 173 Å². The molecule has 8 aliphatic rings. The predicted molar refractivity (Wildman–Crippen MR) is 249 cm³/mol. The van der Waals surface area contributed by atoms with E-state index in [0.29, 0.717) is 64.0 Å². The van der Waals surface area contributed by atoms with Gasteiger partial charge in [0.15, 0.2) is 5.78 Å². The lowest BCUT2D eigenvalue weighted by Crippen LogP contribution is -2.75. The first-order chi connectivity index (χ1) is 30.2. The van der Waals surface area contributed by atoms with E-state index < -0.39 is 50.4 Å². The zero-order valence-corrected chi connectivity index (χ0v) is 39.9. The van der Waals surface area contributed by atoms with Gasteiger partial charge in [0.2, 0.25) is 0 Å². The Bertz CT molecular complexity index is 2220. The summed E-state index contributed by atoms with van der Waals surface area (Å²) in [5.41, 5.74) is 7.97. The normalized spacial score (nSPS) is 41.1. The molecule has 8 N–H and O–H groups in total. The third-order valence-corrected chi connectivity index (χ3v) is 19.5. The number of aliphatic hydroxyl groups excluding tert-OH is 3. The number of anilines is 1. The second kappa shape index (κ2) is 15.7. The molecule has 0 spiro atoms. The highest BCUT2D eigenvalue weighted by Crippen LogP contribution is 2.80. The second-order valence-electron chi connectivity index (χ2n) is 23.5. The number of β-amino-alcohol motifs (C(OH)–C–C–N with tert-alkyl or cyclic N) is 1. The Hall–Kier alpha value is -3.12. The minimum absolute atomic E-state index is 0.0207. The molecule has 7 fully saturated rings. The predicted octanol–water partition coefficient (Wildman–Crippen LogP) is 7.64. The molecule has 14 unspecified atom stereocenters. The van der Waals surface area contributed by atoms with Crippen molar-refractivity contribution in [3.05, 3.63) is 70.3 Å². The molecule has 4 bridgehead atoms. The summed E-state index contributed by atoms with van der Waals surface area (Å²) >= 11 is 0.